The topological polar surface area (TPSA) is 26.2 Å². The number of rotatable bonds is 5. The Hall–Kier alpha value is -1.48. The predicted molar refractivity (Wildman–Crippen MR) is 80.9 cm³/mol. The van der Waals surface area contributed by atoms with Crippen molar-refractivity contribution < 1.29 is 4.74 Å². The van der Waals surface area contributed by atoms with Crippen LogP contribution in [0.2, 0.25) is 0 Å². The van der Waals surface area contributed by atoms with Gasteiger partial charge in [0.05, 0.1) is 6.10 Å². The van der Waals surface area contributed by atoms with Crippen molar-refractivity contribution in [1.82, 2.24) is 9.88 Å². The molecule has 1 N–H and O–H groups in total. The number of aromatic nitrogens is 1. The van der Waals surface area contributed by atoms with Crippen LogP contribution in [-0.4, -0.2) is 17.7 Å². The molecule has 1 aromatic carbocycles. The molecule has 1 aromatic heterocycles. The highest BCUT2D eigenvalue weighted by Gasteiger charge is 2.13. The number of aryl methyl sites for hydroxylation is 1. The fourth-order valence-electron chi connectivity index (χ4n) is 2.68. The van der Waals surface area contributed by atoms with Crippen LogP contribution >= 0.6 is 0 Å². The molecule has 0 radical (unpaired) electrons. The van der Waals surface area contributed by atoms with Crippen molar-refractivity contribution in [3.8, 4) is 5.75 Å². The average Bonchev–Trinajstić information content (AvgIpc) is 2.62. The Morgan fingerprint density at radius 3 is 2.63 bits per heavy atom. The summed E-state index contributed by atoms with van der Waals surface area (Å²) in [5.41, 5.74) is 4.00. The molecule has 0 saturated heterocycles. The van der Waals surface area contributed by atoms with E-state index in [9.17, 15) is 0 Å². The Morgan fingerprint density at radius 1 is 1.32 bits per heavy atom. The summed E-state index contributed by atoms with van der Waals surface area (Å²) < 4.78 is 8.17. The molecule has 0 aliphatic rings. The third kappa shape index (κ3) is 2.61. The summed E-state index contributed by atoms with van der Waals surface area (Å²) in [5, 5.41) is 4.56. The van der Waals surface area contributed by atoms with E-state index in [0.717, 1.165) is 18.8 Å². The van der Waals surface area contributed by atoms with Crippen LogP contribution in [0.5, 0.6) is 5.75 Å². The number of benzene rings is 1. The molecular formula is C16H24N2O. The summed E-state index contributed by atoms with van der Waals surface area (Å²) in [6.45, 7) is 10.4. The molecule has 0 aliphatic carbocycles. The standard InChI is InChI=1S/C16H24N2O/c1-6-18-12(4)15(10-17-5)14-9-13(19-11(2)3)7-8-16(14)18/h7-9,11,17H,6,10H2,1-5H3. The molecule has 3 nitrogen and oxygen atoms in total. The van der Waals surface area contributed by atoms with E-state index in [0.29, 0.717) is 0 Å². The van der Waals surface area contributed by atoms with Crippen LogP contribution in [0.3, 0.4) is 0 Å². The Kier molecular flexibility index (Phi) is 4.15. The second-order valence-electron chi connectivity index (χ2n) is 5.18. The SMILES string of the molecule is CCn1c(C)c(CNC)c2cc(OC(C)C)ccc21. The second-order valence-corrected chi connectivity index (χ2v) is 5.18. The summed E-state index contributed by atoms with van der Waals surface area (Å²) in [7, 11) is 1.99. The zero-order chi connectivity index (χ0) is 14.0. The predicted octanol–water partition coefficient (Wildman–Crippen LogP) is 3.48. The number of hydrogen-bond donors (Lipinski definition) is 1. The number of hydrogen-bond acceptors (Lipinski definition) is 2. The average molecular weight is 260 g/mol. The Balaban J connectivity index is 2.58. The van der Waals surface area contributed by atoms with Crippen LogP contribution in [0.15, 0.2) is 18.2 Å². The summed E-state index contributed by atoms with van der Waals surface area (Å²) in [4.78, 5) is 0. The first-order chi connectivity index (χ1) is 9.08. The maximum absolute atomic E-state index is 5.81. The number of ether oxygens (including phenoxy) is 1. The van der Waals surface area contributed by atoms with E-state index in [1.54, 1.807) is 0 Å². The summed E-state index contributed by atoms with van der Waals surface area (Å²) in [5.74, 6) is 0.952. The zero-order valence-electron chi connectivity index (χ0n) is 12.6. The molecule has 0 fully saturated rings. The Morgan fingerprint density at radius 2 is 2.05 bits per heavy atom. The zero-order valence-corrected chi connectivity index (χ0v) is 12.6. The fourth-order valence-corrected chi connectivity index (χ4v) is 2.68. The van der Waals surface area contributed by atoms with Crippen LogP contribution < -0.4 is 10.1 Å². The maximum Gasteiger partial charge on any atom is 0.120 e. The second kappa shape index (κ2) is 5.66. The third-order valence-corrected chi connectivity index (χ3v) is 3.47. The van der Waals surface area contributed by atoms with Gasteiger partial charge < -0.3 is 14.6 Å². The Labute approximate surface area is 115 Å². The van der Waals surface area contributed by atoms with Gasteiger partial charge in [0.25, 0.3) is 0 Å². The first-order valence-corrected chi connectivity index (χ1v) is 7.01. The molecule has 0 spiro atoms. The monoisotopic (exact) mass is 260 g/mol. The molecule has 2 aromatic rings. The van der Waals surface area contributed by atoms with Crippen LogP contribution in [0, 0.1) is 6.92 Å². The fraction of sp³-hybridized carbons (Fsp3) is 0.500. The first kappa shape index (κ1) is 13.9. The molecule has 0 unspecified atom stereocenters. The summed E-state index contributed by atoms with van der Waals surface area (Å²) >= 11 is 0. The van der Waals surface area contributed by atoms with Crippen LogP contribution in [0.4, 0.5) is 0 Å². The molecule has 0 amide bonds. The van der Waals surface area contributed by atoms with Gasteiger partial charge in [0, 0.05) is 29.7 Å². The molecule has 2 rings (SSSR count). The van der Waals surface area contributed by atoms with Crippen molar-refractivity contribution in [2.45, 2.75) is 46.9 Å². The van der Waals surface area contributed by atoms with Crippen LogP contribution in [0.1, 0.15) is 32.0 Å². The lowest BCUT2D eigenvalue weighted by Gasteiger charge is -2.10. The van der Waals surface area contributed by atoms with Crippen molar-refractivity contribution in [1.29, 1.82) is 0 Å². The van der Waals surface area contributed by atoms with E-state index < -0.39 is 0 Å². The van der Waals surface area contributed by atoms with Gasteiger partial charge in [-0.15, -0.1) is 0 Å². The highest BCUT2D eigenvalue weighted by atomic mass is 16.5. The number of fused-ring (bicyclic) bond motifs is 1. The van der Waals surface area contributed by atoms with Crippen molar-refractivity contribution >= 4 is 10.9 Å². The summed E-state index contributed by atoms with van der Waals surface area (Å²) in [6.07, 6.45) is 0.208. The molecule has 3 heteroatoms. The normalized spacial score (nSPS) is 11.5. The lowest BCUT2D eigenvalue weighted by atomic mass is 10.1. The van der Waals surface area contributed by atoms with Gasteiger partial charge in [0.15, 0.2) is 0 Å². The van der Waals surface area contributed by atoms with E-state index in [-0.39, 0.29) is 6.10 Å². The van der Waals surface area contributed by atoms with Crippen molar-refractivity contribution in [2.75, 3.05) is 7.05 Å². The molecule has 0 saturated carbocycles. The van der Waals surface area contributed by atoms with Crippen molar-refractivity contribution in [2.24, 2.45) is 0 Å². The van der Waals surface area contributed by atoms with Gasteiger partial charge >= 0.3 is 0 Å². The first-order valence-electron chi connectivity index (χ1n) is 7.01. The Bertz CT molecular complexity index is 570. The highest BCUT2D eigenvalue weighted by molar-refractivity contribution is 5.87. The molecule has 0 aliphatic heterocycles. The van der Waals surface area contributed by atoms with Gasteiger partial charge in [-0.3, -0.25) is 0 Å². The van der Waals surface area contributed by atoms with E-state index in [2.05, 4.69) is 55.8 Å². The molecular weight excluding hydrogens is 236 g/mol. The van der Waals surface area contributed by atoms with Gasteiger partial charge in [0.2, 0.25) is 0 Å². The molecule has 104 valence electrons. The van der Waals surface area contributed by atoms with Gasteiger partial charge in [-0.2, -0.15) is 0 Å². The van der Waals surface area contributed by atoms with Gasteiger partial charge in [-0.1, -0.05) is 0 Å². The lowest BCUT2D eigenvalue weighted by Crippen LogP contribution is -2.07. The minimum Gasteiger partial charge on any atom is -0.491 e. The van der Waals surface area contributed by atoms with Crippen molar-refractivity contribution in [3.63, 3.8) is 0 Å². The highest BCUT2D eigenvalue weighted by Crippen LogP contribution is 2.29. The van der Waals surface area contributed by atoms with E-state index in [1.807, 2.05) is 7.05 Å². The largest absolute Gasteiger partial charge is 0.491 e. The van der Waals surface area contributed by atoms with E-state index >= 15 is 0 Å². The molecule has 0 bridgehead atoms. The van der Waals surface area contributed by atoms with Gasteiger partial charge in [0.1, 0.15) is 5.75 Å². The van der Waals surface area contributed by atoms with E-state index in [4.69, 9.17) is 4.74 Å². The number of nitrogens with one attached hydrogen (secondary N) is 1. The van der Waals surface area contributed by atoms with E-state index in [1.165, 1.54) is 22.2 Å². The van der Waals surface area contributed by atoms with Crippen LogP contribution in [0.25, 0.3) is 10.9 Å². The molecule has 0 atom stereocenters. The smallest absolute Gasteiger partial charge is 0.120 e. The molecule has 1 heterocycles. The quantitative estimate of drug-likeness (QED) is 0.891. The summed E-state index contributed by atoms with van der Waals surface area (Å²) in [6, 6.07) is 6.40. The molecule has 19 heavy (non-hydrogen) atoms. The lowest BCUT2D eigenvalue weighted by molar-refractivity contribution is 0.243. The van der Waals surface area contributed by atoms with Gasteiger partial charge in [-0.05, 0) is 58.5 Å². The minimum absolute atomic E-state index is 0.208. The van der Waals surface area contributed by atoms with Crippen LogP contribution in [-0.2, 0) is 13.1 Å². The maximum atomic E-state index is 5.81. The van der Waals surface area contributed by atoms with Crippen molar-refractivity contribution in [3.05, 3.63) is 29.5 Å². The minimum atomic E-state index is 0.208. The number of nitrogens with zero attached hydrogens (tertiary/aromatic N) is 1. The van der Waals surface area contributed by atoms with Gasteiger partial charge in [-0.25, -0.2) is 0 Å². The third-order valence-electron chi connectivity index (χ3n) is 3.47.